The number of anilines is 1. The second-order valence-corrected chi connectivity index (χ2v) is 5.38. The van der Waals surface area contributed by atoms with E-state index in [-0.39, 0.29) is 6.04 Å². The zero-order valence-electron chi connectivity index (χ0n) is 11.2. The summed E-state index contributed by atoms with van der Waals surface area (Å²) in [7, 11) is 1.72. The Kier molecular flexibility index (Phi) is 5.00. The molecule has 0 fully saturated rings. The molecule has 0 aliphatic carbocycles. The predicted molar refractivity (Wildman–Crippen MR) is 83.6 cm³/mol. The summed E-state index contributed by atoms with van der Waals surface area (Å²) in [6.45, 7) is 2.72. The van der Waals surface area contributed by atoms with E-state index in [1.165, 1.54) is 11.1 Å². The molecule has 0 heterocycles. The Labute approximate surface area is 122 Å². The van der Waals surface area contributed by atoms with Gasteiger partial charge in [0.15, 0.2) is 0 Å². The van der Waals surface area contributed by atoms with Gasteiger partial charge in [-0.25, -0.2) is 0 Å². The minimum atomic E-state index is 0.154. The molecule has 2 rings (SSSR count). The van der Waals surface area contributed by atoms with Gasteiger partial charge in [-0.2, -0.15) is 0 Å². The summed E-state index contributed by atoms with van der Waals surface area (Å²) in [6, 6.07) is 16.8. The highest BCUT2D eigenvalue weighted by atomic mass is 79.9. The Hall–Kier alpha value is -1.32. The lowest BCUT2D eigenvalue weighted by Gasteiger charge is -2.20. The van der Waals surface area contributed by atoms with Crippen LogP contribution < -0.4 is 5.32 Å². The van der Waals surface area contributed by atoms with Crippen LogP contribution in [-0.4, -0.2) is 13.7 Å². The average molecular weight is 320 g/mol. The molecule has 0 spiro atoms. The maximum Gasteiger partial charge on any atom is 0.0747 e. The molecular weight excluding hydrogens is 302 g/mol. The third kappa shape index (κ3) is 3.82. The lowest BCUT2D eigenvalue weighted by molar-refractivity contribution is 0.186. The molecule has 0 saturated heterocycles. The molecule has 3 heteroatoms. The minimum Gasteiger partial charge on any atom is -0.382 e. The van der Waals surface area contributed by atoms with Crippen LogP contribution in [0.5, 0.6) is 0 Å². The van der Waals surface area contributed by atoms with Crippen molar-refractivity contribution < 1.29 is 4.74 Å². The molecular formula is C16H18BrNO. The normalized spacial score (nSPS) is 12.2. The van der Waals surface area contributed by atoms with Crippen LogP contribution >= 0.6 is 15.9 Å². The first kappa shape index (κ1) is 14.1. The monoisotopic (exact) mass is 319 g/mol. The summed E-state index contributed by atoms with van der Waals surface area (Å²) in [5.74, 6) is 0. The van der Waals surface area contributed by atoms with E-state index in [0.717, 1.165) is 10.2 Å². The van der Waals surface area contributed by atoms with Crippen LogP contribution in [0, 0.1) is 6.92 Å². The van der Waals surface area contributed by atoms with Crippen molar-refractivity contribution in [2.75, 3.05) is 19.0 Å². The van der Waals surface area contributed by atoms with Gasteiger partial charge >= 0.3 is 0 Å². The van der Waals surface area contributed by atoms with Crippen molar-refractivity contribution in [1.82, 2.24) is 0 Å². The summed E-state index contributed by atoms with van der Waals surface area (Å²) < 4.78 is 6.42. The standard InChI is InChI=1S/C16H18BrNO/c1-12-8-9-14(10-15(12)17)18-16(11-19-2)13-6-4-3-5-7-13/h3-10,16,18H,11H2,1-2H3. The van der Waals surface area contributed by atoms with E-state index in [1.54, 1.807) is 7.11 Å². The van der Waals surface area contributed by atoms with Gasteiger partial charge in [0, 0.05) is 17.3 Å². The molecule has 2 nitrogen and oxygen atoms in total. The third-order valence-electron chi connectivity index (χ3n) is 3.05. The lowest BCUT2D eigenvalue weighted by atomic mass is 10.1. The first-order valence-electron chi connectivity index (χ1n) is 6.27. The number of benzene rings is 2. The maximum atomic E-state index is 5.31. The van der Waals surface area contributed by atoms with Crippen LogP contribution in [0.3, 0.4) is 0 Å². The van der Waals surface area contributed by atoms with Crippen molar-refractivity contribution in [3.63, 3.8) is 0 Å². The highest BCUT2D eigenvalue weighted by Crippen LogP contribution is 2.24. The lowest BCUT2D eigenvalue weighted by Crippen LogP contribution is -2.16. The van der Waals surface area contributed by atoms with Gasteiger partial charge < -0.3 is 10.1 Å². The number of nitrogens with one attached hydrogen (secondary N) is 1. The fourth-order valence-electron chi connectivity index (χ4n) is 1.96. The Balaban J connectivity index is 2.19. The van der Waals surface area contributed by atoms with E-state index in [2.05, 4.69) is 58.5 Å². The summed E-state index contributed by atoms with van der Waals surface area (Å²) in [5.41, 5.74) is 3.54. The highest BCUT2D eigenvalue weighted by molar-refractivity contribution is 9.10. The molecule has 0 aliphatic rings. The van der Waals surface area contributed by atoms with Crippen LogP contribution in [0.2, 0.25) is 0 Å². The van der Waals surface area contributed by atoms with Crippen molar-refractivity contribution in [1.29, 1.82) is 0 Å². The molecule has 0 saturated carbocycles. The first-order chi connectivity index (χ1) is 9.20. The average Bonchev–Trinajstić information content (AvgIpc) is 2.43. The predicted octanol–water partition coefficient (Wildman–Crippen LogP) is 4.56. The zero-order chi connectivity index (χ0) is 13.7. The Morgan fingerprint density at radius 3 is 2.53 bits per heavy atom. The van der Waals surface area contributed by atoms with E-state index in [4.69, 9.17) is 4.74 Å². The second kappa shape index (κ2) is 6.73. The summed E-state index contributed by atoms with van der Waals surface area (Å²) >= 11 is 3.56. The summed E-state index contributed by atoms with van der Waals surface area (Å²) in [6.07, 6.45) is 0. The van der Waals surface area contributed by atoms with Crippen LogP contribution in [0.15, 0.2) is 53.0 Å². The van der Waals surface area contributed by atoms with Gasteiger partial charge in [0.1, 0.15) is 0 Å². The van der Waals surface area contributed by atoms with Crippen LogP contribution in [-0.2, 0) is 4.74 Å². The van der Waals surface area contributed by atoms with Gasteiger partial charge in [-0.05, 0) is 30.2 Å². The zero-order valence-corrected chi connectivity index (χ0v) is 12.8. The fraction of sp³-hybridized carbons (Fsp3) is 0.250. The molecule has 2 aromatic rings. The van der Waals surface area contributed by atoms with Gasteiger partial charge in [0.25, 0.3) is 0 Å². The van der Waals surface area contributed by atoms with E-state index in [0.29, 0.717) is 6.61 Å². The topological polar surface area (TPSA) is 21.3 Å². The van der Waals surface area contributed by atoms with E-state index < -0.39 is 0 Å². The van der Waals surface area contributed by atoms with Gasteiger partial charge in [-0.15, -0.1) is 0 Å². The molecule has 1 N–H and O–H groups in total. The number of hydrogen-bond acceptors (Lipinski definition) is 2. The number of methoxy groups -OCH3 is 1. The van der Waals surface area contributed by atoms with Crippen molar-refractivity contribution in [3.8, 4) is 0 Å². The van der Waals surface area contributed by atoms with Crippen LogP contribution in [0.25, 0.3) is 0 Å². The van der Waals surface area contributed by atoms with E-state index in [9.17, 15) is 0 Å². The smallest absolute Gasteiger partial charge is 0.0747 e. The Morgan fingerprint density at radius 2 is 1.89 bits per heavy atom. The number of hydrogen-bond donors (Lipinski definition) is 1. The number of rotatable bonds is 5. The van der Waals surface area contributed by atoms with E-state index >= 15 is 0 Å². The molecule has 1 atom stereocenters. The molecule has 1 unspecified atom stereocenters. The second-order valence-electron chi connectivity index (χ2n) is 4.53. The minimum absolute atomic E-state index is 0.154. The molecule has 0 radical (unpaired) electrons. The van der Waals surface area contributed by atoms with Crippen LogP contribution in [0.4, 0.5) is 5.69 Å². The fourth-order valence-corrected chi connectivity index (χ4v) is 2.34. The molecule has 0 bridgehead atoms. The van der Waals surface area contributed by atoms with Crippen molar-refractivity contribution >= 4 is 21.6 Å². The first-order valence-corrected chi connectivity index (χ1v) is 7.06. The maximum absolute atomic E-state index is 5.31. The summed E-state index contributed by atoms with van der Waals surface area (Å²) in [4.78, 5) is 0. The molecule has 0 aromatic heterocycles. The van der Waals surface area contributed by atoms with Gasteiger partial charge in [0.2, 0.25) is 0 Å². The summed E-state index contributed by atoms with van der Waals surface area (Å²) in [5, 5.41) is 3.51. The molecule has 100 valence electrons. The van der Waals surface area contributed by atoms with Gasteiger partial charge in [-0.3, -0.25) is 0 Å². The van der Waals surface area contributed by atoms with Crippen molar-refractivity contribution in [3.05, 3.63) is 64.1 Å². The van der Waals surface area contributed by atoms with Crippen molar-refractivity contribution in [2.24, 2.45) is 0 Å². The largest absolute Gasteiger partial charge is 0.382 e. The Morgan fingerprint density at radius 1 is 1.16 bits per heavy atom. The molecule has 2 aromatic carbocycles. The number of halogens is 1. The SMILES string of the molecule is COCC(Nc1ccc(C)c(Br)c1)c1ccccc1. The van der Waals surface area contributed by atoms with Gasteiger partial charge in [0.05, 0.1) is 12.6 Å². The highest BCUT2D eigenvalue weighted by Gasteiger charge is 2.11. The third-order valence-corrected chi connectivity index (χ3v) is 3.90. The van der Waals surface area contributed by atoms with E-state index in [1.807, 2.05) is 18.2 Å². The number of aryl methyl sites for hydroxylation is 1. The molecule has 19 heavy (non-hydrogen) atoms. The number of ether oxygens (including phenoxy) is 1. The Bertz CT molecular complexity index is 528. The molecule has 0 aliphatic heterocycles. The quantitative estimate of drug-likeness (QED) is 0.872. The van der Waals surface area contributed by atoms with Crippen LogP contribution in [0.1, 0.15) is 17.2 Å². The van der Waals surface area contributed by atoms with Crippen molar-refractivity contribution in [2.45, 2.75) is 13.0 Å². The van der Waals surface area contributed by atoms with Gasteiger partial charge in [-0.1, -0.05) is 52.3 Å². The molecule has 0 amide bonds.